The van der Waals surface area contributed by atoms with Gasteiger partial charge in [0.05, 0.1) is 6.10 Å². The zero-order valence-corrected chi connectivity index (χ0v) is 12.6. The summed E-state index contributed by atoms with van der Waals surface area (Å²) in [6.45, 7) is 6.39. The Labute approximate surface area is 122 Å². The van der Waals surface area contributed by atoms with Gasteiger partial charge in [0.2, 0.25) is 0 Å². The van der Waals surface area contributed by atoms with Crippen LogP contribution in [-0.2, 0) is 12.8 Å². The van der Waals surface area contributed by atoms with E-state index in [1.165, 1.54) is 16.7 Å². The molecule has 0 bridgehead atoms. The second kappa shape index (κ2) is 6.71. The molecule has 1 nitrogen and oxygen atoms in total. The van der Waals surface area contributed by atoms with Crippen molar-refractivity contribution in [2.75, 3.05) is 0 Å². The van der Waals surface area contributed by atoms with Gasteiger partial charge in [0.25, 0.3) is 0 Å². The van der Waals surface area contributed by atoms with E-state index in [-0.39, 0.29) is 5.92 Å². The van der Waals surface area contributed by atoms with Crippen LogP contribution in [0.3, 0.4) is 0 Å². The molecule has 0 aliphatic rings. The Morgan fingerprint density at radius 2 is 1.65 bits per heavy atom. The van der Waals surface area contributed by atoms with Crippen molar-refractivity contribution in [2.45, 2.75) is 45.6 Å². The van der Waals surface area contributed by atoms with Crippen LogP contribution in [0.25, 0.3) is 0 Å². The molecule has 2 aromatic carbocycles. The standard InChI is InChI=1S/C19H24O/c1-4-15-11-12-16(5-2)18(13-15)19(20)14(3)17-9-7-6-8-10-17/h6-14,19-20H,4-5H2,1-3H3. The van der Waals surface area contributed by atoms with E-state index in [4.69, 9.17) is 0 Å². The van der Waals surface area contributed by atoms with Gasteiger partial charge in [-0.25, -0.2) is 0 Å². The summed E-state index contributed by atoms with van der Waals surface area (Å²) in [5.41, 5.74) is 4.81. The zero-order chi connectivity index (χ0) is 14.5. The Hall–Kier alpha value is -1.60. The molecular weight excluding hydrogens is 244 g/mol. The minimum Gasteiger partial charge on any atom is -0.388 e. The van der Waals surface area contributed by atoms with E-state index in [1.54, 1.807) is 0 Å². The van der Waals surface area contributed by atoms with Crippen molar-refractivity contribution in [3.8, 4) is 0 Å². The molecule has 20 heavy (non-hydrogen) atoms. The molecule has 2 unspecified atom stereocenters. The van der Waals surface area contributed by atoms with E-state index in [9.17, 15) is 5.11 Å². The average Bonchev–Trinajstić information content (AvgIpc) is 2.53. The van der Waals surface area contributed by atoms with Crippen molar-refractivity contribution in [3.63, 3.8) is 0 Å². The molecule has 0 aliphatic carbocycles. The molecule has 106 valence electrons. The van der Waals surface area contributed by atoms with Gasteiger partial charge in [-0.15, -0.1) is 0 Å². The minimum atomic E-state index is -0.446. The van der Waals surface area contributed by atoms with E-state index in [0.717, 1.165) is 18.4 Å². The Bertz CT molecular complexity index is 545. The van der Waals surface area contributed by atoms with Crippen LogP contribution in [0.5, 0.6) is 0 Å². The number of benzene rings is 2. The molecule has 0 radical (unpaired) electrons. The molecule has 0 aliphatic heterocycles. The highest BCUT2D eigenvalue weighted by molar-refractivity contribution is 5.36. The fraction of sp³-hybridized carbons (Fsp3) is 0.368. The molecule has 0 amide bonds. The van der Waals surface area contributed by atoms with E-state index in [1.807, 2.05) is 18.2 Å². The van der Waals surface area contributed by atoms with Crippen molar-refractivity contribution in [2.24, 2.45) is 0 Å². The van der Waals surface area contributed by atoms with Gasteiger partial charge in [0.1, 0.15) is 0 Å². The minimum absolute atomic E-state index is 0.105. The first-order valence-corrected chi connectivity index (χ1v) is 7.52. The summed E-state index contributed by atoms with van der Waals surface area (Å²) in [6, 6.07) is 16.7. The fourth-order valence-electron chi connectivity index (χ4n) is 2.67. The summed E-state index contributed by atoms with van der Waals surface area (Å²) in [7, 11) is 0. The first kappa shape index (κ1) is 14.8. The number of aliphatic hydroxyl groups is 1. The maximum absolute atomic E-state index is 10.8. The summed E-state index contributed by atoms with van der Waals surface area (Å²) in [5, 5.41) is 10.8. The van der Waals surface area contributed by atoms with Crippen LogP contribution in [0.15, 0.2) is 48.5 Å². The van der Waals surface area contributed by atoms with Gasteiger partial charge in [-0.05, 0) is 35.1 Å². The summed E-state index contributed by atoms with van der Waals surface area (Å²) < 4.78 is 0. The zero-order valence-electron chi connectivity index (χ0n) is 12.6. The quantitative estimate of drug-likeness (QED) is 0.837. The third-order valence-electron chi connectivity index (χ3n) is 4.12. The van der Waals surface area contributed by atoms with Crippen LogP contribution in [0, 0.1) is 0 Å². The van der Waals surface area contributed by atoms with Gasteiger partial charge in [0.15, 0.2) is 0 Å². The first-order chi connectivity index (χ1) is 9.67. The van der Waals surface area contributed by atoms with Crippen LogP contribution in [0.2, 0.25) is 0 Å². The molecule has 2 atom stereocenters. The maximum atomic E-state index is 10.8. The van der Waals surface area contributed by atoms with Crippen molar-refractivity contribution in [1.82, 2.24) is 0 Å². The smallest absolute Gasteiger partial charge is 0.0858 e. The highest BCUT2D eigenvalue weighted by atomic mass is 16.3. The lowest BCUT2D eigenvalue weighted by atomic mass is 9.87. The molecule has 2 rings (SSSR count). The third-order valence-corrected chi connectivity index (χ3v) is 4.12. The van der Waals surface area contributed by atoms with Gasteiger partial charge in [-0.3, -0.25) is 0 Å². The monoisotopic (exact) mass is 268 g/mol. The van der Waals surface area contributed by atoms with Gasteiger partial charge < -0.3 is 5.11 Å². The van der Waals surface area contributed by atoms with Crippen LogP contribution in [-0.4, -0.2) is 5.11 Å². The van der Waals surface area contributed by atoms with Gasteiger partial charge >= 0.3 is 0 Å². The van der Waals surface area contributed by atoms with Crippen molar-refractivity contribution >= 4 is 0 Å². The SMILES string of the molecule is CCc1ccc(CC)c(C(O)C(C)c2ccccc2)c1. The molecule has 1 heteroatoms. The number of hydrogen-bond acceptors (Lipinski definition) is 1. The lowest BCUT2D eigenvalue weighted by molar-refractivity contribution is 0.150. The lowest BCUT2D eigenvalue weighted by Crippen LogP contribution is -2.10. The van der Waals surface area contributed by atoms with Crippen LogP contribution in [0.4, 0.5) is 0 Å². The fourth-order valence-corrected chi connectivity index (χ4v) is 2.67. The Balaban J connectivity index is 2.34. The van der Waals surface area contributed by atoms with E-state index >= 15 is 0 Å². The molecule has 1 N–H and O–H groups in total. The summed E-state index contributed by atoms with van der Waals surface area (Å²) >= 11 is 0. The Morgan fingerprint density at radius 3 is 2.25 bits per heavy atom. The van der Waals surface area contributed by atoms with Gasteiger partial charge in [-0.2, -0.15) is 0 Å². The number of hydrogen-bond donors (Lipinski definition) is 1. The van der Waals surface area contributed by atoms with Crippen LogP contribution >= 0.6 is 0 Å². The number of rotatable bonds is 5. The molecule has 2 aromatic rings. The van der Waals surface area contributed by atoms with Crippen molar-refractivity contribution in [3.05, 3.63) is 70.8 Å². The highest BCUT2D eigenvalue weighted by Gasteiger charge is 2.20. The highest BCUT2D eigenvalue weighted by Crippen LogP contribution is 2.33. The van der Waals surface area contributed by atoms with E-state index < -0.39 is 6.10 Å². The molecule has 0 heterocycles. The topological polar surface area (TPSA) is 20.2 Å². The third kappa shape index (κ3) is 3.10. The second-order valence-corrected chi connectivity index (χ2v) is 5.38. The van der Waals surface area contributed by atoms with E-state index in [2.05, 4.69) is 51.1 Å². The van der Waals surface area contributed by atoms with E-state index in [0.29, 0.717) is 0 Å². The van der Waals surface area contributed by atoms with Crippen molar-refractivity contribution in [1.29, 1.82) is 0 Å². The Morgan fingerprint density at radius 1 is 0.950 bits per heavy atom. The molecule has 0 saturated carbocycles. The molecule has 0 saturated heterocycles. The normalized spacial score (nSPS) is 14.0. The molecule has 0 fully saturated rings. The van der Waals surface area contributed by atoms with Gasteiger partial charge in [-0.1, -0.05) is 69.3 Å². The summed E-state index contributed by atoms with van der Waals surface area (Å²) in [5.74, 6) is 0.105. The predicted octanol–water partition coefficient (Wildman–Crippen LogP) is 4.65. The predicted molar refractivity (Wildman–Crippen MR) is 85.0 cm³/mol. The Kier molecular flexibility index (Phi) is 4.97. The van der Waals surface area contributed by atoms with Crippen LogP contribution < -0.4 is 0 Å². The lowest BCUT2D eigenvalue weighted by Gasteiger charge is -2.22. The largest absolute Gasteiger partial charge is 0.388 e. The molecule has 0 aromatic heterocycles. The average molecular weight is 268 g/mol. The summed E-state index contributed by atoms with van der Waals surface area (Å²) in [6.07, 6.45) is 1.51. The summed E-state index contributed by atoms with van der Waals surface area (Å²) in [4.78, 5) is 0. The molecule has 0 spiro atoms. The number of aryl methyl sites for hydroxylation is 2. The van der Waals surface area contributed by atoms with Crippen LogP contribution in [0.1, 0.15) is 55.0 Å². The van der Waals surface area contributed by atoms with Gasteiger partial charge in [0, 0.05) is 5.92 Å². The maximum Gasteiger partial charge on any atom is 0.0858 e. The van der Waals surface area contributed by atoms with Crippen molar-refractivity contribution < 1.29 is 5.11 Å². The number of aliphatic hydroxyl groups excluding tert-OH is 1. The first-order valence-electron chi connectivity index (χ1n) is 7.52. The second-order valence-electron chi connectivity index (χ2n) is 5.38. The molecular formula is C19H24O.